The van der Waals surface area contributed by atoms with Crippen molar-refractivity contribution in [3.8, 4) is 6.07 Å². The first-order chi connectivity index (χ1) is 14.2. The monoisotopic (exact) mass is 500 g/mol. The first-order valence-corrected chi connectivity index (χ1v) is 11.6. The van der Waals surface area contributed by atoms with Gasteiger partial charge in [0, 0.05) is 10.4 Å². The number of nitrogens with one attached hydrogen (secondary N) is 3. The predicted octanol–water partition coefficient (Wildman–Crippen LogP) is 5.22. The molecule has 0 radical (unpaired) electrons. The van der Waals surface area contributed by atoms with Gasteiger partial charge in [-0.2, -0.15) is 5.26 Å². The SMILES string of the molecule is Cc1cccc(C(=O)N[C@H](NC(=S)Nc2sc3c(c2C#N)CCCC3)C(Cl)(Cl)Cl)c1. The molecule has 30 heavy (non-hydrogen) atoms. The van der Waals surface area contributed by atoms with Crippen molar-refractivity contribution < 1.29 is 4.79 Å². The van der Waals surface area contributed by atoms with Gasteiger partial charge in [-0.05, 0) is 62.5 Å². The Hall–Kier alpha value is -1.56. The van der Waals surface area contributed by atoms with E-state index in [1.54, 1.807) is 18.2 Å². The molecule has 1 aliphatic carbocycles. The number of anilines is 1. The van der Waals surface area contributed by atoms with Crippen LogP contribution in [0.5, 0.6) is 0 Å². The topological polar surface area (TPSA) is 77.0 Å². The lowest BCUT2D eigenvalue weighted by atomic mass is 9.96. The fraction of sp³-hybridized carbons (Fsp3) is 0.350. The Morgan fingerprint density at radius 3 is 2.67 bits per heavy atom. The van der Waals surface area contributed by atoms with E-state index in [4.69, 9.17) is 47.0 Å². The van der Waals surface area contributed by atoms with Crippen LogP contribution in [0.25, 0.3) is 0 Å². The summed E-state index contributed by atoms with van der Waals surface area (Å²) in [5, 5.41) is 18.9. The van der Waals surface area contributed by atoms with Gasteiger partial charge in [-0.15, -0.1) is 11.3 Å². The number of alkyl halides is 3. The lowest BCUT2D eigenvalue weighted by Gasteiger charge is -2.27. The van der Waals surface area contributed by atoms with Crippen LogP contribution in [0.2, 0.25) is 0 Å². The molecule has 158 valence electrons. The van der Waals surface area contributed by atoms with Crippen molar-refractivity contribution in [2.45, 2.75) is 42.6 Å². The minimum atomic E-state index is -1.86. The van der Waals surface area contributed by atoms with Crippen LogP contribution >= 0.6 is 58.4 Å². The van der Waals surface area contributed by atoms with Crippen molar-refractivity contribution in [2.75, 3.05) is 5.32 Å². The minimum absolute atomic E-state index is 0.144. The molecular weight excluding hydrogens is 483 g/mol. The molecular formula is C20H19Cl3N4OS2. The van der Waals surface area contributed by atoms with E-state index in [9.17, 15) is 10.1 Å². The van der Waals surface area contributed by atoms with Crippen LogP contribution < -0.4 is 16.0 Å². The Morgan fingerprint density at radius 1 is 1.27 bits per heavy atom. The van der Waals surface area contributed by atoms with Crippen molar-refractivity contribution in [2.24, 2.45) is 0 Å². The standard InChI is InChI=1S/C20H19Cl3N4OS2/c1-11-5-4-6-12(9-11)16(28)25-18(20(21,22)23)27-19(29)26-17-14(10-24)13-7-2-3-8-15(13)30-17/h4-6,9,18H,2-3,7-8H2,1H3,(H,25,28)(H2,26,27,29)/t18-/m1/s1. The third kappa shape index (κ3) is 5.57. The normalized spacial score (nSPS) is 14.2. The highest BCUT2D eigenvalue weighted by atomic mass is 35.6. The molecule has 0 bridgehead atoms. The molecule has 0 spiro atoms. The summed E-state index contributed by atoms with van der Waals surface area (Å²) in [4.78, 5) is 13.8. The number of amides is 1. The zero-order valence-electron chi connectivity index (χ0n) is 16.0. The summed E-state index contributed by atoms with van der Waals surface area (Å²) in [7, 11) is 0. The Kier molecular flexibility index (Phi) is 7.48. The number of hydrogen-bond acceptors (Lipinski definition) is 4. The second-order valence-electron chi connectivity index (χ2n) is 6.94. The molecule has 0 saturated carbocycles. The zero-order chi connectivity index (χ0) is 21.9. The smallest absolute Gasteiger partial charge is 0.252 e. The van der Waals surface area contributed by atoms with Crippen LogP contribution in [0.1, 0.15) is 44.8 Å². The number of halogens is 3. The van der Waals surface area contributed by atoms with Gasteiger partial charge >= 0.3 is 0 Å². The van der Waals surface area contributed by atoms with Gasteiger partial charge in [-0.25, -0.2) is 0 Å². The first kappa shape index (κ1) is 23.1. The summed E-state index contributed by atoms with van der Waals surface area (Å²) in [6, 6.07) is 9.32. The van der Waals surface area contributed by atoms with E-state index in [2.05, 4.69) is 22.0 Å². The summed E-state index contributed by atoms with van der Waals surface area (Å²) in [5.74, 6) is -0.408. The van der Waals surface area contributed by atoms with E-state index in [0.717, 1.165) is 36.8 Å². The molecule has 1 amide bonds. The largest absolute Gasteiger partial charge is 0.339 e. The lowest BCUT2D eigenvalue weighted by Crippen LogP contribution is -2.56. The molecule has 1 aliphatic rings. The van der Waals surface area contributed by atoms with Crippen LogP contribution in [-0.2, 0) is 12.8 Å². The number of benzene rings is 1. The molecule has 3 rings (SSSR count). The molecule has 1 heterocycles. The van der Waals surface area contributed by atoms with Crippen LogP contribution in [0, 0.1) is 18.3 Å². The average Bonchev–Trinajstić information content (AvgIpc) is 3.03. The van der Waals surface area contributed by atoms with Gasteiger partial charge in [-0.3, -0.25) is 4.79 Å². The number of nitrogens with zero attached hydrogens (tertiary/aromatic N) is 1. The Bertz CT molecular complexity index is 1010. The van der Waals surface area contributed by atoms with E-state index in [1.165, 1.54) is 16.2 Å². The van der Waals surface area contributed by atoms with E-state index in [0.29, 0.717) is 16.1 Å². The number of aryl methyl sites for hydroxylation is 2. The summed E-state index contributed by atoms with van der Waals surface area (Å²) in [5.41, 5.74) is 3.06. The Labute approximate surface area is 199 Å². The fourth-order valence-corrected chi connectivity index (χ4v) is 5.10. The number of fused-ring (bicyclic) bond motifs is 1. The second-order valence-corrected chi connectivity index (χ2v) is 10.8. The molecule has 0 unspecified atom stereocenters. The average molecular weight is 502 g/mol. The number of nitriles is 1. The molecule has 1 aromatic carbocycles. The van der Waals surface area contributed by atoms with Gasteiger partial charge in [0.05, 0.1) is 5.56 Å². The van der Waals surface area contributed by atoms with Gasteiger partial charge in [0.25, 0.3) is 5.91 Å². The van der Waals surface area contributed by atoms with Crippen LogP contribution in [-0.4, -0.2) is 21.0 Å². The zero-order valence-corrected chi connectivity index (χ0v) is 19.9. The Morgan fingerprint density at radius 2 is 2.00 bits per heavy atom. The number of rotatable bonds is 4. The van der Waals surface area contributed by atoms with Gasteiger partial charge in [-0.1, -0.05) is 52.5 Å². The quantitative estimate of drug-likeness (QED) is 0.304. The maximum absolute atomic E-state index is 12.6. The molecule has 0 fully saturated rings. The van der Waals surface area contributed by atoms with Gasteiger partial charge in [0.2, 0.25) is 3.79 Å². The molecule has 1 atom stereocenters. The molecule has 3 N–H and O–H groups in total. The first-order valence-electron chi connectivity index (χ1n) is 9.25. The molecule has 0 saturated heterocycles. The van der Waals surface area contributed by atoms with E-state index < -0.39 is 15.9 Å². The summed E-state index contributed by atoms with van der Waals surface area (Å²) in [6.45, 7) is 1.88. The summed E-state index contributed by atoms with van der Waals surface area (Å²) < 4.78 is -1.86. The number of hydrogen-bond donors (Lipinski definition) is 3. The molecule has 0 aliphatic heterocycles. The van der Waals surface area contributed by atoms with Crippen molar-refractivity contribution in [3.05, 3.63) is 51.4 Å². The number of carbonyl (C=O) groups is 1. The highest BCUT2D eigenvalue weighted by Gasteiger charge is 2.35. The fourth-order valence-electron chi connectivity index (χ4n) is 3.24. The van der Waals surface area contributed by atoms with Gasteiger partial charge in [0.1, 0.15) is 17.2 Å². The maximum atomic E-state index is 12.6. The number of carbonyl (C=O) groups excluding carboxylic acids is 1. The van der Waals surface area contributed by atoms with Crippen molar-refractivity contribution >= 4 is 74.4 Å². The molecule has 1 aromatic heterocycles. The maximum Gasteiger partial charge on any atom is 0.252 e. The van der Waals surface area contributed by atoms with Crippen molar-refractivity contribution in [1.29, 1.82) is 5.26 Å². The number of thiocarbonyl (C=S) groups is 1. The second kappa shape index (κ2) is 9.71. The van der Waals surface area contributed by atoms with Crippen LogP contribution in [0.3, 0.4) is 0 Å². The van der Waals surface area contributed by atoms with E-state index >= 15 is 0 Å². The van der Waals surface area contributed by atoms with Crippen LogP contribution in [0.15, 0.2) is 24.3 Å². The predicted molar refractivity (Wildman–Crippen MR) is 128 cm³/mol. The van der Waals surface area contributed by atoms with E-state index in [1.807, 2.05) is 13.0 Å². The molecule has 5 nitrogen and oxygen atoms in total. The van der Waals surface area contributed by atoms with Crippen molar-refractivity contribution in [3.63, 3.8) is 0 Å². The van der Waals surface area contributed by atoms with Crippen LogP contribution in [0.4, 0.5) is 5.00 Å². The summed E-state index contributed by atoms with van der Waals surface area (Å²) >= 11 is 25.1. The van der Waals surface area contributed by atoms with Gasteiger partial charge < -0.3 is 16.0 Å². The summed E-state index contributed by atoms with van der Waals surface area (Å²) in [6.07, 6.45) is 2.94. The lowest BCUT2D eigenvalue weighted by molar-refractivity contribution is 0.0934. The highest BCUT2D eigenvalue weighted by molar-refractivity contribution is 7.80. The molecule has 2 aromatic rings. The minimum Gasteiger partial charge on any atom is -0.339 e. The van der Waals surface area contributed by atoms with E-state index in [-0.39, 0.29) is 5.11 Å². The van der Waals surface area contributed by atoms with Gasteiger partial charge in [0.15, 0.2) is 5.11 Å². The number of thiophene rings is 1. The highest BCUT2D eigenvalue weighted by Crippen LogP contribution is 2.37. The Balaban J connectivity index is 1.73. The third-order valence-electron chi connectivity index (χ3n) is 4.67. The third-order valence-corrected chi connectivity index (χ3v) is 6.75. The van der Waals surface area contributed by atoms with Crippen molar-refractivity contribution in [1.82, 2.24) is 10.6 Å². The molecule has 10 heteroatoms.